The van der Waals surface area contributed by atoms with Crippen LogP contribution in [0.15, 0.2) is 41.6 Å². The van der Waals surface area contributed by atoms with Gasteiger partial charge < -0.3 is 18.9 Å². The molecule has 162 valence electrons. The highest BCUT2D eigenvalue weighted by Crippen LogP contribution is 2.46. The summed E-state index contributed by atoms with van der Waals surface area (Å²) in [4.78, 5) is 27.7. The standard InChI is InChI=1S/C24H25NO6/c1-13-6-14(2)8-16(7-13)25-18-12-31-24(27)22(18)17(11-21(25)26)15-9-19(28-3)23(30-5)20(10-15)29-4/h6-10,17H,11-12H2,1-5H3. The summed E-state index contributed by atoms with van der Waals surface area (Å²) >= 11 is 0. The highest BCUT2D eigenvalue weighted by molar-refractivity contribution is 6.06. The van der Waals surface area contributed by atoms with Gasteiger partial charge in [-0.1, -0.05) is 6.07 Å². The van der Waals surface area contributed by atoms with Crippen LogP contribution in [0.3, 0.4) is 0 Å². The van der Waals surface area contributed by atoms with Gasteiger partial charge in [0.25, 0.3) is 0 Å². The van der Waals surface area contributed by atoms with Crippen LogP contribution in [0.1, 0.15) is 29.0 Å². The molecule has 1 unspecified atom stereocenters. The van der Waals surface area contributed by atoms with Crippen LogP contribution in [0.5, 0.6) is 17.2 Å². The molecule has 0 aliphatic carbocycles. The zero-order chi connectivity index (χ0) is 22.3. The van der Waals surface area contributed by atoms with Crippen molar-refractivity contribution in [3.05, 3.63) is 58.3 Å². The number of hydrogen-bond acceptors (Lipinski definition) is 6. The Balaban J connectivity index is 1.86. The summed E-state index contributed by atoms with van der Waals surface area (Å²) in [5.74, 6) is 0.421. The molecule has 0 saturated heterocycles. The molecular formula is C24H25NO6. The number of aryl methyl sites for hydroxylation is 2. The lowest BCUT2D eigenvalue weighted by atomic mass is 9.83. The number of ether oxygens (including phenoxy) is 4. The number of methoxy groups -OCH3 is 3. The van der Waals surface area contributed by atoms with E-state index < -0.39 is 11.9 Å². The van der Waals surface area contributed by atoms with E-state index in [4.69, 9.17) is 18.9 Å². The van der Waals surface area contributed by atoms with Gasteiger partial charge >= 0.3 is 5.97 Å². The zero-order valence-corrected chi connectivity index (χ0v) is 18.3. The van der Waals surface area contributed by atoms with Gasteiger partial charge in [-0.25, -0.2) is 4.79 Å². The number of carbonyl (C=O) groups is 2. The van der Waals surface area contributed by atoms with Crippen LogP contribution < -0.4 is 19.1 Å². The Morgan fingerprint density at radius 2 is 1.52 bits per heavy atom. The normalized spacial score (nSPS) is 18.1. The van der Waals surface area contributed by atoms with Gasteiger partial charge in [0.2, 0.25) is 11.7 Å². The summed E-state index contributed by atoms with van der Waals surface area (Å²) in [6.45, 7) is 4.03. The molecule has 7 nitrogen and oxygen atoms in total. The van der Waals surface area contributed by atoms with E-state index >= 15 is 0 Å². The molecule has 7 heteroatoms. The molecular weight excluding hydrogens is 398 g/mol. The second kappa shape index (κ2) is 7.98. The zero-order valence-electron chi connectivity index (χ0n) is 18.3. The van der Waals surface area contributed by atoms with Crippen LogP contribution >= 0.6 is 0 Å². The van der Waals surface area contributed by atoms with Crippen molar-refractivity contribution < 1.29 is 28.5 Å². The maximum atomic E-state index is 13.3. The lowest BCUT2D eigenvalue weighted by molar-refractivity contribution is -0.136. The summed E-state index contributed by atoms with van der Waals surface area (Å²) in [5.41, 5.74) is 4.65. The second-order valence-corrected chi connectivity index (χ2v) is 7.73. The summed E-state index contributed by atoms with van der Waals surface area (Å²) in [6.07, 6.45) is 0.125. The fourth-order valence-electron chi connectivity index (χ4n) is 4.42. The average Bonchev–Trinajstić information content (AvgIpc) is 3.12. The first-order valence-electron chi connectivity index (χ1n) is 9.99. The Kier molecular flexibility index (Phi) is 5.35. The first-order valence-corrected chi connectivity index (χ1v) is 9.99. The number of esters is 1. The topological polar surface area (TPSA) is 74.3 Å². The average molecular weight is 423 g/mol. The third-order valence-corrected chi connectivity index (χ3v) is 5.67. The Hall–Kier alpha value is -3.48. The van der Waals surface area contributed by atoms with Gasteiger partial charge in [-0.15, -0.1) is 0 Å². The molecule has 2 aliphatic heterocycles. The molecule has 0 fully saturated rings. The number of amides is 1. The number of hydrogen-bond donors (Lipinski definition) is 0. The van der Waals surface area contributed by atoms with Crippen molar-refractivity contribution in [2.24, 2.45) is 0 Å². The van der Waals surface area contributed by atoms with Crippen LogP contribution in [0.2, 0.25) is 0 Å². The predicted molar refractivity (Wildman–Crippen MR) is 115 cm³/mol. The molecule has 4 rings (SSSR count). The maximum Gasteiger partial charge on any atom is 0.336 e. The van der Waals surface area contributed by atoms with E-state index in [0.29, 0.717) is 28.5 Å². The number of anilines is 1. The van der Waals surface area contributed by atoms with Crippen LogP contribution in [0.4, 0.5) is 5.69 Å². The van der Waals surface area contributed by atoms with Crippen molar-refractivity contribution >= 4 is 17.6 Å². The summed E-state index contributed by atoms with van der Waals surface area (Å²) in [7, 11) is 4.59. The predicted octanol–water partition coefficient (Wildman–Crippen LogP) is 3.66. The van der Waals surface area contributed by atoms with Crippen LogP contribution in [0, 0.1) is 13.8 Å². The number of rotatable bonds is 5. The van der Waals surface area contributed by atoms with E-state index in [1.807, 2.05) is 32.0 Å². The smallest absolute Gasteiger partial charge is 0.336 e. The molecule has 1 atom stereocenters. The molecule has 1 amide bonds. The first-order chi connectivity index (χ1) is 14.9. The number of cyclic esters (lactones) is 1. The maximum absolute atomic E-state index is 13.3. The third-order valence-electron chi connectivity index (χ3n) is 5.67. The highest BCUT2D eigenvalue weighted by atomic mass is 16.5. The van der Waals surface area contributed by atoms with Gasteiger partial charge in [0.1, 0.15) is 6.61 Å². The van der Waals surface area contributed by atoms with Gasteiger partial charge in [-0.2, -0.15) is 0 Å². The monoisotopic (exact) mass is 423 g/mol. The van der Waals surface area contributed by atoms with Crippen molar-refractivity contribution in [1.82, 2.24) is 0 Å². The van der Waals surface area contributed by atoms with Gasteiger partial charge in [0.05, 0.1) is 32.6 Å². The quantitative estimate of drug-likeness (QED) is 0.684. The molecule has 0 saturated carbocycles. The lowest BCUT2D eigenvalue weighted by Crippen LogP contribution is -2.37. The lowest BCUT2D eigenvalue weighted by Gasteiger charge is -2.32. The van der Waals surface area contributed by atoms with Crippen LogP contribution in [-0.4, -0.2) is 39.8 Å². The minimum Gasteiger partial charge on any atom is -0.493 e. The second-order valence-electron chi connectivity index (χ2n) is 7.73. The SMILES string of the molecule is COc1cc(C2CC(=O)N(c3cc(C)cc(C)c3)C3=C2C(=O)OC3)cc(OC)c1OC. The number of nitrogens with zero attached hydrogens (tertiary/aromatic N) is 1. The minimum absolute atomic E-state index is 0.0633. The molecule has 0 N–H and O–H groups in total. The van der Waals surface area contributed by atoms with E-state index in [9.17, 15) is 9.59 Å². The third kappa shape index (κ3) is 3.50. The van der Waals surface area contributed by atoms with Crippen molar-refractivity contribution in [2.75, 3.05) is 32.8 Å². The molecule has 0 aromatic heterocycles. The van der Waals surface area contributed by atoms with Crippen molar-refractivity contribution in [3.63, 3.8) is 0 Å². The summed E-state index contributed by atoms with van der Waals surface area (Å²) < 4.78 is 21.7. The van der Waals surface area contributed by atoms with Crippen molar-refractivity contribution in [3.8, 4) is 17.2 Å². The molecule has 2 heterocycles. The first kappa shape index (κ1) is 20.8. The van der Waals surface area contributed by atoms with Gasteiger partial charge in [-0.3, -0.25) is 9.69 Å². The fraction of sp³-hybridized carbons (Fsp3) is 0.333. The van der Waals surface area contributed by atoms with Gasteiger partial charge in [0, 0.05) is 18.0 Å². The minimum atomic E-state index is -0.464. The van der Waals surface area contributed by atoms with E-state index in [1.165, 1.54) is 21.3 Å². The molecule has 0 spiro atoms. The van der Waals surface area contributed by atoms with Crippen LogP contribution in [0.25, 0.3) is 0 Å². The Morgan fingerprint density at radius 3 is 2.06 bits per heavy atom. The number of benzene rings is 2. The molecule has 31 heavy (non-hydrogen) atoms. The fourth-order valence-corrected chi connectivity index (χ4v) is 4.42. The molecule has 2 aromatic rings. The molecule has 0 radical (unpaired) electrons. The van der Waals surface area contributed by atoms with Crippen molar-refractivity contribution in [1.29, 1.82) is 0 Å². The Labute approximate surface area is 181 Å². The van der Waals surface area contributed by atoms with Gasteiger partial charge in [0.15, 0.2) is 11.5 Å². The summed E-state index contributed by atoms with van der Waals surface area (Å²) in [6, 6.07) is 9.49. The Morgan fingerprint density at radius 1 is 0.903 bits per heavy atom. The number of carbonyl (C=O) groups excluding carboxylic acids is 2. The van der Waals surface area contributed by atoms with E-state index in [2.05, 4.69) is 0 Å². The van der Waals surface area contributed by atoms with Crippen molar-refractivity contribution in [2.45, 2.75) is 26.2 Å². The van der Waals surface area contributed by atoms with E-state index in [-0.39, 0.29) is 18.9 Å². The molecule has 2 aliphatic rings. The molecule has 0 bridgehead atoms. The van der Waals surface area contributed by atoms with Gasteiger partial charge in [-0.05, 0) is 54.8 Å². The molecule has 2 aromatic carbocycles. The van der Waals surface area contributed by atoms with E-state index in [1.54, 1.807) is 17.0 Å². The van der Waals surface area contributed by atoms with Crippen LogP contribution in [-0.2, 0) is 14.3 Å². The summed E-state index contributed by atoms with van der Waals surface area (Å²) in [5, 5.41) is 0. The van der Waals surface area contributed by atoms with E-state index in [0.717, 1.165) is 22.4 Å². The Bertz CT molecular complexity index is 1060. The largest absolute Gasteiger partial charge is 0.493 e. The highest BCUT2D eigenvalue weighted by Gasteiger charge is 2.43.